The molecule has 2 aliphatic carbocycles. The normalized spacial score (nSPS) is 19.9. The molecule has 222 valence electrons. The van der Waals surface area contributed by atoms with Gasteiger partial charge in [-0.3, -0.25) is 9.59 Å². The van der Waals surface area contributed by atoms with E-state index in [0.29, 0.717) is 47.1 Å². The minimum absolute atomic E-state index is 0.0640. The SMILES string of the molecule is CCN1C2=C(C(=O)CC(C)(C)C2)C(c2cc(Cl)c(OCc3ccc(C(=O)O)cc3)c(OC)c2)C2=C1CC(C)(C)CC2=O. The maximum absolute atomic E-state index is 13.9. The second-order valence-electron chi connectivity index (χ2n) is 13.1. The van der Waals surface area contributed by atoms with E-state index in [2.05, 4.69) is 39.5 Å². The van der Waals surface area contributed by atoms with E-state index in [1.165, 1.54) is 19.2 Å². The number of rotatable bonds is 7. The molecular formula is C34H38ClNO6. The third kappa shape index (κ3) is 5.47. The number of carboxylic acid groups (broad SMARTS) is 1. The van der Waals surface area contributed by atoms with Crippen molar-refractivity contribution >= 4 is 29.1 Å². The first kappa shape index (κ1) is 29.9. The summed E-state index contributed by atoms with van der Waals surface area (Å²) in [5, 5.41) is 9.47. The van der Waals surface area contributed by atoms with Gasteiger partial charge >= 0.3 is 5.97 Å². The fourth-order valence-corrected chi connectivity index (χ4v) is 6.98. The molecule has 0 radical (unpaired) electrons. The standard InChI is InChI=1S/C34H38ClNO6/c1-7-36-23-14-33(2,3)16-25(37)29(23)28(30-24(36)15-34(4,5)17-26(30)38)21-12-22(35)31(27(13-21)41-6)42-18-19-8-10-20(11-9-19)32(39)40/h8-13,28H,7,14-18H2,1-6H3,(H,39,40). The smallest absolute Gasteiger partial charge is 0.335 e. The minimum atomic E-state index is -0.996. The monoisotopic (exact) mass is 591 g/mol. The molecule has 0 unspecified atom stereocenters. The zero-order chi connectivity index (χ0) is 30.6. The molecule has 0 fully saturated rings. The molecule has 0 saturated carbocycles. The van der Waals surface area contributed by atoms with E-state index in [1.807, 2.05) is 6.07 Å². The van der Waals surface area contributed by atoms with Crippen LogP contribution in [0.3, 0.4) is 0 Å². The van der Waals surface area contributed by atoms with Gasteiger partial charge in [-0.15, -0.1) is 0 Å². The van der Waals surface area contributed by atoms with Gasteiger partial charge in [-0.05, 0) is 66.0 Å². The number of benzene rings is 2. The second kappa shape index (κ2) is 10.9. The third-order valence-corrected chi connectivity index (χ3v) is 8.79. The molecule has 8 heteroatoms. The maximum atomic E-state index is 13.9. The molecule has 0 aromatic heterocycles. The van der Waals surface area contributed by atoms with Gasteiger partial charge in [-0.1, -0.05) is 51.4 Å². The summed E-state index contributed by atoms with van der Waals surface area (Å²) >= 11 is 6.84. The zero-order valence-electron chi connectivity index (χ0n) is 25.1. The van der Waals surface area contributed by atoms with Crippen LogP contribution < -0.4 is 9.47 Å². The highest BCUT2D eigenvalue weighted by Gasteiger charge is 2.48. The van der Waals surface area contributed by atoms with Crippen molar-refractivity contribution in [2.75, 3.05) is 13.7 Å². The van der Waals surface area contributed by atoms with Crippen LogP contribution in [0, 0.1) is 10.8 Å². The van der Waals surface area contributed by atoms with Gasteiger partial charge in [0.05, 0.1) is 17.7 Å². The van der Waals surface area contributed by atoms with Gasteiger partial charge in [0.15, 0.2) is 23.1 Å². The molecule has 1 N–H and O–H groups in total. The number of carbonyl (C=O) groups is 3. The number of carboxylic acids is 1. The number of carbonyl (C=O) groups excluding carboxylic acids is 2. The quantitative estimate of drug-likeness (QED) is 0.360. The van der Waals surface area contributed by atoms with Crippen molar-refractivity contribution in [2.24, 2.45) is 10.8 Å². The lowest BCUT2D eigenvalue weighted by Crippen LogP contribution is -2.44. The fourth-order valence-electron chi connectivity index (χ4n) is 6.71. The van der Waals surface area contributed by atoms with Crippen molar-refractivity contribution in [3.63, 3.8) is 0 Å². The number of hydrogen-bond donors (Lipinski definition) is 1. The van der Waals surface area contributed by atoms with Crippen LogP contribution in [0.4, 0.5) is 0 Å². The molecular weight excluding hydrogens is 554 g/mol. The largest absolute Gasteiger partial charge is 0.493 e. The fraction of sp³-hybridized carbons (Fsp3) is 0.441. The van der Waals surface area contributed by atoms with E-state index in [-0.39, 0.29) is 34.6 Å². The van der Waals surface area contributed by atoms with Gasteiger partial charge in [0, 0.05) is 47.8 Å². The van der Waals surface area contributed by atoms with Crippen LogP contribution in [0.15, 0.2) is 58.9 Å². The molecule has 1 heterocycles. The number of hydrogen-bond acceptors (Lipinski definition) is 6. The topological polar surface area (TPSA) is 93.1 Å². The summed E-state index contributed by atoms with van der Waals surface area (Å²) in [6.45, 7) is 11.4. The van der Waals surface area contributed by atoms with Crippen LogP contribution in [0.1, 0.15) is 87.7 Å². The van der Waals surface area contributed by atoms with Gasteiger partial charge in [-0.25, -0.2) is 4.79 Å². The molecule has 5 rings (SSSR count). The van der Waals surface area contributed by atoms with E-state index in [4.69, 9.17) is 26.2 Å². The molecule has 7 nitrogen and oxygen atoms in total. The summed E-state index contributed by atoms with van der Waals surface area (Å²) in [5.41, 5.74) is 4.71. The molecule has 2 aromatic carbocycles. The van der Waals surface area contributed by atoms with Crippen molar-refractivity contribution in [3.05, 3.63) is 80.7 Å². The first-order chi connectivity index (χ1) is 19.7. The molecule has 42 heavy (non-hydrogen) atoms. The Morgan fingerprint density at radius 2 is 1.50 bits per heavy atom. The number of nitrogens with zero attached hydrogens (tertiary/aromatic N) is 1. The van der Waals surface area contributed by atoms with Crippen LogP contribution >= 0.6 is 11.6 Å². The number of methoxy groups -OCH3 is 1. The highest BCUT2D eigenvalue weighted by Crippen LogP contribution is 2.55. The summed E-state index contributed by atoms with van der Waals surface area (Å²) < 4.78 is 11.8. The average Bonchev–Trinajstić information content (AvgIpc) is 2.89. The number of Topliss-reactive ketones (excluding diaryl/α,β-unsaturated/α-hetero) is 2. The molecule has 0 saturated heterocycles. The molecule has 0 atom stereocenters. The van der Waals surface area contributed by atoms with Gasteiger partial charge in [0.2, 0.25) is 0 Å². The highest BCUT2D eigenvalue weighted by molar-refractivity contribution is 6.32. The number of ketones is 2. The number of halogens is 1. The summed E-state index contributed by atoms with van der Waals surface area (Å²) in [6.07, 6.45) is 2.32. The third-order valence-electron chi connectivity index (χ3n) is 8.51. The van der Waals surface area contributed by atoms with E-state index < -0.39 is 11.9 Å². The Balaban J connectivity index is 1.60. The van der Waals surface area contributed by atoms with Crippen molar-refractivity contribution in [1.82, 2.24) is 4.90 Å². The summed E-state index contributed by atoms with van der Waals surface area (Å²) in [5.74, 6) is -0.665. The average molecular weight is 592 g/mol. The Morgan fingerprint density at radius 1 is 0.952 bits per heavy atom. The van der Waals surface area contributed by atoms with Gasteiger partial charge in [-0.2, -0.15) is 0 Å². The Kier molecular flexibility index (Phi) is 7.77. The predicted molar refractivity (Wildman–Crippen MR) is 161 cm³/mol. The van der Waals surface area contributed by atoms with E-state index in [1.54, 1.807) is 18.2 Å². The van der Waals surface area contributed by atoms with Gasteiger partial charge < -0.3 is 19.5 Å². The predicted octanol–water partition coefficient (Wildman–Crippen LogP) is 7.33. The van der Waals surface area contributed by atoms with Crippen LogP contribution in [-0.2, 0) is 16.2 Å². The molecule has 2 aromatic rings. The van der Waals surface area contributed by atoms with Crippen molar-refractivity contribution < 1.29 is 29.0 Å². The number of allylic oxidation sites excluding steroid dienone is 4. The van der Waals surface area contributed by atoms with Crippen LogP contribution in [0.25, 0.3) is 0 Å². The Morgan fingerprint density at radius 3 is 1.98 bits per heavy atom. The molecule has 1 aliphatic heterocycles. The highest BCUT2D eigenvalue weighted by atomic mass is 35.5. The first-order valence-corrected chi connectivity index (χ1v) is 14.8. The zero-order valence-corrected chi connectivity index (χ0v) is 25.9. The van der Waals surface area contributed by atoms with E-state index in [9.17, 15) is 14.4 Å². The Hall–Kier alpha value is -3.58. The molecule has 3 aliphatic rings. The van der Waals surface area contributed by atoms with Gasteiger partial charge in [0.25, 0.3) is 0 Å². The molecule has 0 bridgehead atoms. The van der Waals surface area contributed by atoms with Crippen LogP contribution in [0.5, 0.6) is 11.5 Å². The Labute approximate surface area is 252 Å². The second-order valence-corrected chi connectivity index (χ2v) is 13.5. The lowest BCUT2D eigenvalue weighted by atomic mass is 9.63. The van der Waals surface area contributed by atoms with Crippen LogP contribution in [-0.4, -0.2) is 41.2 Å². The van der Waals surface area contributed by atoms with Crippen molar-refractivity contribution in [2.45, 2.75) is 72.8 Å². The van der Waals surface area contributed by atoms with Crippen molar-refractivity contribution in [1.29, 1.82) is 0 Å². The first-order valence-electron chi connectivity index (χ1n) is 14.4. The molecule has 0 spiro atoms. The summed E-state index contributed by atoms with van der Waals surface area (Å²) in [4.78, 5) is 41.2. The lowest BCUT2D eigenvalue weighted by molar-refractivity contribution is -0.119. The summed E-state index contributed by atoms with van der Waals surface area (Å²) in [6, 6.07) is 10.0. The number of aromatic carboxylic acids is 1. The van der Waals surface area contributed by atoms with Crippen LogP contribution in [0.2, 0.25) is 5.02 Å². The maximum Gasteiger partial charge on any atom is 0.335 e. The molecule has 0 amide bonds. The van der Waals surface area contributed by atoms with Crippen molar-refractivity contribution in [3.8, 4) is 11.5 Å². The van der Waals surface area contributed by atoms with Gasteiger partial charge in [0.1, 0.15) is 6.61 Å². The van der Waals surface area contributed by atoms with E-state index >= 15 is 0 Å². The Bertz CT molecular complexity index is 1480. The summed E-state index contributed by atoms with van der Waals surface area (Å²) in [7, 11) is 1.53. The minimum Gasteiger partial charge on any atom is -0.493 e. The van der Waals surface area contributed by atoms with E-state index in [0.717, 1.165) is 35.4 Å². The number of ether oxygens (including phenoxy) is 2. The lowest BCUT2D eigenvalue weighted by Gasteiger charge is -2.49.